The maximum atomic E-state index is 12.3. The number of pyridine rings is 1. The van der Waals surface area contributed by atoms with Gasteiger partial charge in [0, 0.05) is 29.5 Å². The molecule has 1 saturated heterocycles. The largest absolute Gasteiger partial charge is 0.335 e. The number of aromatic nitrogens is 3. The van der Waals surface area contributed by atoms with Crippen molar-refractivity contribution in [3.8, 4) is 5.69 Å². The van der Waals surface area contributed by atoms with Gasteiger partial charge >= 0.3 is 6.03 Å². The van der Waals surface area contributed by atoms with Crippen molar-refractivity contribution in [3.05, 3.63) is 42.7 Å². The van der Waals surface area contributed by atoms with Crippen molar-refractivity contribution in [2.45, 2.75) is 64.2 Å². The van der Waals surface area contributed by atoms with E-state index in [9.17, 15) is 4.79 Å². The van der Waals surface area contributed by atoms with Crippen LogP contribution in [0.4, 0.5) is 4.79 Å². The van der Waals surface area contributed by atoms with Gasteiger partial charge in [0.25, 0.3) is 0 Å². The molecule has 3 heterocycles. The van der Waals surface area contributed by atoms with Crippen LogP contribution < -0.4 is 16.0 Å². The Morgan fingerprint density at radius 3 is 2.58 bits per heavy atom. The second kappa shape index (κ2) is 7.07. The van der Waals surface area contributed by atoms with Gasteiger partial charge in [-0.15, -0.1) is 0 Å². The van der Waals surface area contributed by atoms with Crippen molar-refractivity contribution < 1.29 is 4.79 Å². The van der Waals surface area contributed by atoms with E-state index in [1.165, 1.54) is 0 Å². The Morgan fingerprint density at radius 2 is 2.00 bits per heavy atom. The number of urea groups is 1. The van der Waals surface area contributed by atoms with Gasteiger partial charge < -0.3 is 20.5 Å². The first-order valence-corrected chi connectivity index (χ1v) is 8.99. The van der Waals surface area contributed by atoms with Crippen LogP contribution in [-0.2, 0) is 6.54 Å². The summed E-state index contributed by atoms with van der Waals surface area (Å²) < 4.78 is 1.89. The van der Waals surface area contributed by atoms with Gasteiger partial charge in [0.05, 0.1) is 30.5 Å². The third-order valence-electron chi connectivity index (χ3n) is 4.57. The van der Waals surface area contributed by atoms with Gasteiger partial charge in [-0.2, -0.15) is 0 Å². The van der Waals surface area contributed by atoms with E-state index in [1.807, 2.05) is 22.9 Å². The normalized spacial score (nSPS) is 19.1. The first-order valence-electron chi connectivity index (χ1n) is 8.99. The first kappa shape index (κ1) is 18.4. The van der Waals surface area contributed by atoms with Crippen molar-refractivity contribution in [2.75, 3.05) is 0 Å². The molecule has 0 bridgehead atoms. The molecule has 2 amide bonds. The molecule has 2 aromatic heterocycles. The van der Waals surface area contributed by atoms with Crippen molar-refractivity contribution in [1.29, 1.82) is 0 Å². The molecule has 3 N–H and O–H groups in total. The fraction of sp³-hybridized carbons (Fsp3) is 0.526. The maximum absolute atomic E-state index is 12.3. The van der Waals surface area contributed by atoms with Gasteiger partial charge in [0.15, 0.2) is 0 Å². The molecule has 1 aliphatic rings. The summed E-state index contributed by atoms with van der Waals surface area (Å²) in [6.07, 6.45) is 8.90. The number of hydrogen-bond acceptors (Lipinski definition) is 4. The van der Waals surface area contributed by atoms with Crippen molar-refractivity contribution >= 4 is 6.03 Å². The summed E-state index contributed by atoms with van der Waals surface area (Å²) in [7, 11) is 0. The molecule has 140 valence electrons. The Balaban J connectivity index is 1.51. The zero-order valence-electron chi connectivity index (χ0n) is 15.9. The van der Waals surface area contributed by atoms with Gasteiger partial charge in [-0.3, -0.25) is 4.98 Å². The van der Waals surface area contributed by atoms with Crippen LogP contribution in [0, 0.1) is 0 Å². The Hall–Kier alpha value is -2.41. The third-order valence-corrected chi connectivity index (χ3v) is 4.57. The van der Waals surface area contributed by atoms with E-state index < -0.39 is 0 Å². The highest BCUT2D eigenvalue weighted by Gasteiger charge is 2.38. The molecule has 3 rings (SSSR count). The Kier molecular flexibility index (Phi) is 5.00. The molecule has 0 aliphatic carbocycles. The van der Waals surface area contributed by atoms with Gasteiger partial charge in [0.2, 0.25) is 0 Å². The van der Waals surface area contributed by atoms with Crippen LogP contribution in [0.25, 0.3) is 5.69 Å². The molecule has 0 aromatic carbocycles. The molecule has 0 unspecified atom stereocenters. The summed E-state index contributed by atoms with van der Waals surface area (Å²) in [6.45, 7) is 9.09. The number of hydrogen-bond donors (Lipinski definition) is 3. The third kappa shape index (κ3) is 4.82. The highest BCUT2D eigenvalue weighted by atomic mass is 16.2. The number of nitrogens with zero attached hydrogens (tertiary/aromatic N) is 3. The smallest absolute Gasteiger partial charge is 0.315 e. The summed E-state index contributed by atoms with van der Waals surface area (Å²) in [5.74, 6) is 0. The van der Waals surface area contributed by atoms with E-state index in [4.69, 9.17) is 0 Å². The monoisotopic (exact) mass is 356 g/mol. The van der Waals surface area contributed by atoms with E-state index >= 15 is 0 Å². The fourth-order valence-electron chi connectivity index (χ4n) is 3.92. The van der Waals surface area contributed by atoms with Gasteiger partial charge in [-0.1, -0.05) is 0 Å². The van der Waals surface area contributed by atoms with Crippen molar-refractivity contribution in [3.63, 3.8) is 0 Å². The zero-order valence-corrected chi connectivity index (χ0v) is 15.9. The lowest BCUT2D eigenvalue weighted by Gasteiger charge is -2.46. The molecule has 7 heteroatoms. The van der Waals surface area contributed by atoms with Crippen molar-refractivity contribution in [2.24, 2.45) is 0 Å². The van der Waals surface area contributed by atoms with E-state index in [-0.39, 0.29) is 23.2 Å². The second-order valence-corrected chi connectivity index (χ2v) is 8.30. The van der Waals surface area contributed by atoms with E-state index in [1.54, 1.807) is 18.7 Å². The van der Waals surface area contributed by atoms with Crippen LogP contribution in [0.15, 0.2) is 37.1 Å². The zero-order chi connectivity index (χ0) is 18.8. The second-order valence-electron chi connectivity index (χ2n) is 8.30. The number of imidazole rings is 1. The lowest BCUT2D eigenvalue weighted by Crippen LogP contribution is -2.62. The number of carbonyl (C=O) groups is 1. The highest BCUT2D eigenvalue weighted by molar-refractivity contribution is 5.74. The molecule has 26 heavy (non-hydrogen) atoms. The topological polar surface area (TPSA) is 83.9 Å². The summed E-state index contributed by atoms with van der Waals surface area (Å²) in [5.41, 5.74) is 1.76. The average Bonchev–Trinajstić information content (AvgIpc) is 3.04. The van der Waals surface area contributed by atoms with Gasteiger partial charge in [-0.05, 0) is 52.7 Å². The van der Waals surface area contributed by atoms with Crippen LogP contribution in [0.2, 0.25) is 0 Å². The lowest BCUT2D eigenvalue weighted by atomic mass is 9.80. The van der Waals surface area contributed by atoms with Crippen LogP contribution in [-0.4, -0.2) is 37.7 Å². The average molecular weight is 356 g/mol. The summed E-state index contributed by atoms with van der Waals surface area (Å²) in [4.78, 5) is 20.7. The molecule has 0 atom stereocenters. The molecule has 2 aromatic rings. The molecular formula is C19H28N6O. The standard InChI is InChI=1S/C19H28N6O/c1-18(2)9-15(10-19(3,4)24-18)23-17(26)22-11-14-5-6-16(12-21-14)25-8-7-20-13-25/h5-8,12-13,15,24H,9-11H2,1-4H3,(H2,22,23,26). The number of amides is 2. The van der Waals surface area contributed by atoms with E-state index in [2.05, 4.69) is 53.6 Å². The maximum Gasteiger partial charge on any atom is 0.315 e. The number of piperidine rings is 1. The number of carbonyl (C=O) groups excluding carboxylic acids is 1. The molecular weight excluding hydrogens is 328 g/mol. The molecule has 1 fully saturated rings. The van der Waals surface area contributed by atoms with Gasteiger partial charge in [0.1, 0.15) is 0 Å². The minimum absolute atomic E-state index is 0.00437. The summed E-state index contributed by atoms with van der Waals surface area (Å²) in [5, 5.41) is 9.63. The summed E-state index contributed by atoms with van der Waals surface area (Å²) in [6, 6.07) is 3.87. The Labute approximate surface area is 154 Å². The Bertz CT molecular complexity index is 720. The molecule has 0 saturated carbocycles. The van der Waals surface area contributed by atoms with E-state index in [0.717, 1.165) is 24.2 Å². The number of nitrogens with one attached hydrogen (secondary N) is 3. The number of rotatable bonds is 4. The minimum atomic E-state index is -0.149. The minimum Gasteiger partial charge on any atom is -0.335 e. The first-order chi connectivity index (χ1) is 12.2. The highest BCUT2D eigenvalue weighted by Crippen LogP contribution is 2.28. The quantitative estimate of drug-likeness (QED) is 0.785. The van der Waals surface area contributed by atoms with Crippen LogP contribution >= 0.6 is 0 Å². The van der Waals surface area contributed by atoms with Crippen LogP contribution in [0.1, 0.15) is 46.2 Å². The van der Waals surface area contributed by atoms with Crippen LogP contribution in [0.5, 0.6) is 0 Å². The molecule has 0 radical (unpaired) electrons. The van der Waals surface area contributed by atoms with Crippen LogP contribution in [0.3, 0.4) is 0 Å². The molecule has 7 nitrogen and oxygen atoms in total. The molecule has 0 spiro atoms. The van der Waals surface area contributed by atoms with Crippen molar-refractivity contribution in [1.82, 2.24) is 30.5 Å². The lowest BCUT2D eigenvalue weighted by molar-refractivity contribution is 0.147. The van der Waals surface area contributed by atoms with Gasteiger partial charge in [-0.25, -0.2) is 9.78 Å². The SMILES string of the molecule is CC1(C)CC(NC(=O)NCc2ccc(-n3ccnc3)cn2)CC(C)(C)N1. The Morgan fingerprint density at radius 1 is 1.27 bits per heavy atom. The summed E-state index contributed by atoms with van der Waals surface area (Å²) >= 11 is 0. The fourth-order valence-corrected chi connectivity index (χ4v) is 3.92. The predicted molar refractivity (Wildman–Crippen MR) is 101 cm³/mol. The predicted octanol–water partition coefficient (Wildman–Crippen LogP) is 2.38. The van der Waals surface area contributed by atoms with E-state index in [0.29, 0.717) is 6.54 Å². The molecule has 1 aliphatic heterocycles.